The SMILES string of the molecule is NS(=O)(=O)NCc1ncccc1O. The molecule has 0 atom stereocenters. The minimum Gasteiger partial charge on any atom is -0.506 e. The summed E-state index contributed by atoms with van der Waals surface area (Å²) in [4.78, 5) is 3.75. The van der Waals surface area contributed by atoms with E-state index in [2.05, 4.69) is 10.1 Å². The normalized spacial score (nSPS) is 11.5. The highest BCUT2D eigenvalue weighted by molar-refractivity contribution is 7.87. The Morgan fingerprint density at radius 1 is 1.62 bits per heavy atom. The summed E-state index contributed by atoms with van der Waals surface area (Å²) in [7, 11) is -3.74. The van der Waals surface area contributed by atoms with Crippen LogP contribution in [-0.2, 0) is 16.8 Å². The Morgan fingerprint density at radius 3 is 2.85 bits per heavy atom. The Balaban J connectivity index is 2.71. The predicted octanol–water partition coefficient (Wildman–Crippen LogP) is -0.920. The molecule has 0 fully saturated rings. The quantitative estimate of drug-likeness (QED) is 0.590. The molecule has 0 aliphatic heterocycles. The minimum atomic E-state index is -3.74. The van der Waals surface area contributed by atoms with Crippen LogP contribution in [0.3, 0.4) is 0 Å². The van der Waals surface area contributed by atoms with E-state index < -0.39 is 10.2 Å². The van der Waals surface area contributed by atoms with Gasteiger partial charge in [-0.2, -0.15) is 13.1 Å². The van der Waals surface area contributed by atoms with Crippen molar-refractivity contribution in [3.63, 3.8) is 0 Å². The first-order valence-corrected chi connectivity index (χ1v) is 4.94. The predicted molar refractivity (Wildman–Crippen MR) is 45.8 cm³/mol. The summed E-state index contributed by atoms with van der Waals surface area (Å²) in [6, 6.07) is 2.95. The molecule has 0 aliphatic carbocycles. The monoisotopic (exact) mass is 203 g/mol. The third kappa shape index (κ3) is 3.36. The maximum absolute atomic E-state index is 10.5. The van der Waals surface area contributed by atoms with Gasteiger partial charge in [-0.15, -0.1) is 0 Å². The van der Waals surface area contributed by atoms with E-state index in [0.717, 1.165) is 0 Å². The van der Waals surface area contributed by atoms with Crippen molar-refractivity contribution in [1.82, 2.24) is 9.71 Å². The van der Waals surface area contributed by atoms with Gasteiger partial charge < -0.3 is 5.11 Å². The number of rotatable bonds is 3. The second-order valence-corrected chi connectivity index (χ2v) is 3.71. The van der Waals surface area contributed by atoms with E-state index in [1.807, 2.05) is 4.72 Å². The number of aromatic nitrogens is 1. The maximum Gasteiger partial charge on any atom is 0.274 e. The Labute approximate surface area is 75.6 Å². The molecule has 6 nitrogen and oxygen atoms in total. The fourth-order valence-electron chi connectivity index (χ4n) is 0.735. The van der Waals surface area contributed by atoms with Gasteiger partial charge in [-0.3, -0.25) is 4.98 Å². The number of nitrogens with one attached hydrogen (secondary N) is 1. The third-order valence-electron chi connectivity index (χ3n) is 1.31. The average Bonchev–Trinajstić information content (AvgIpc) is 2.01. The number of aromatic hydroxyl groups is 1. The van der Waals surface area contributed by atoms with Crippen LogP contribution in [0.4, 0.5) is 0 Å². The second-order valence-electron chi connectivity index (χ2n) is 2.34. The number of pyridine rings is 1. The summed E-state index contributed by atoms with van der Waals surface area (Å²) < 4.78 is 23.0. The van der Waals surface area contributed by atoms with Crippen LogP contribution in [0.2, 0.25) is 0 Å². The fourth-order valence-corrected chi connectivity index (χ4v) is 1.07. The Kier molecular flexibility index (Phi) is 2.81. The molecule has 1 aromatic heterocycles. The van der Waals surface area contributed by atoms with Gasteiger partial charge in [-0.1, -0.05) is 0 Å². The van der Waals surface area contributed by atoms with E-state index in [1.54, 1.807) is 0 Å². The summed E-state index contributed by atoms with van der Waals surface area (Å²) in [6.45, 7) is -0.120. The van der Waals surface area contributed by atoms with Gasteiger partial charge in [-0.25, -0.2) is 5.14 Å². The van der Waals surface area contributed by atoms with E-state index in [4.69, 9.17) is 5.11 Å². The van der Waals surface area contributed by atoms with Crippen LogP contribution >= 0.6 is 0 Å². The molecule has 72 valence electrons. The molecule has 0 aromatic carbocycles. The first-order valence-electron chi connectivity index (χ1n) is 3.39. The van der Waals surface area contributed by atoms with E-state index >= 15 is 0 Å². The number of hydrogen-bond donors (Lipinski definition) is 3. The molecule has 0 spiro atoms. The van der Waals surface area contributed by atoms with Gasteiger partial charge >= 0.3 is 0 Å². The molecule has 0 bridgehead atoms. The van der Waals surface area contributed by atoms with Crippen molar-refractivity contribution in [3.05, 3.63) is 24.0 Å². The van der Waals surface area contributed by atoms with Crippen LogP contribution in [0.5, 0.6) is 5.75 Å². The van der Waals surface area contributed by atoms with Crippen LogP contribution in [-0.4, -0.2) is 18.5 Å². The topological polar surface area (TPSA) is 105 Å². The second kappa shape index (κ2) is 3.69. The summed E-state index contributed by atoms with van der Waals surface area (Å²) in [5.41, 5.74) is 0.233. The van der Waals surface area contributed by atoms with E-state index in [-0.39, 0.29) is 18.0 Å². The molecule has 0 amide bonds. The molecule has 0 saturated heterocycles. The lowest BCUT2D eigenvalue weighted by Gasteiger charge is -2.02. The average molecular weight is 203 g/mol. The smallest absolute Gasteiger partial charge is 0.274 e. The lowest BCUT2D eigenvalue weighted by molar-refractivity contribution is 0.462. The highest BCUT2D eigenvalue weighted by atomic mass is 32.2. The lowest BCUT2D eigenvalue weighted by atomic mass is 10.3. The van der Waals surface area contributed by atoms with Crippen molar-refractivity contribution in [1.29, 1.82) is 0 Å². The molecule has 4 N–H and O–H groups in total. The lowest BCUT2D eigenvalue weighted by Crippen LogP contribution is -2.30. The molecule has 0 saturated carbocycles. The molecular formula is C6H9N3O3S. The van der Waals surface area contributed by atoms with Crippen molar-refractivity contribution in [2.45, 2.75) is 6.54 Å². The Morgan fingerprint density at radius 2 is 2.31 bits per heavy atom. The molecule has 1 heterocycles. The Hall–Kier alpha value is -1.18. The standard InChI is InChI=1S/C6H9N3O3S/c7-13(11,12)9-4-5-6(10)2-1-3-8-5/h1-3,9-10H,4H2,(H2,7,11,12). The third-order valence-corrected chi connectivity index (χ3v) is 1.85. The molecule has 1 aromatic rings. The zero-order valence-electron chi connectivity index (χ0n) is 6.64. The molecule has 0 radical (unpaired) electrons. The van der Waals surface area contributed by atoms with Gasteiger partial charge in [0.15, 0.2) is 0 Å². The van der Waals surface area contributed by atoms with Gasteiger partial charge in [0, 0.05) is 6.20 Å². The first kappa shape index (κ1) is 9.90. The van der Waals surface area contributed by atoms with Gasteiger partial charge in [-0.05, 0) is 12.1 Å². The number of nitrogens with zero attached hydrogens (tertiary/aromatic N) is 1. The highest BCUT2D eigenvalue weighted by Crippen LogP contribution is 2.11. The molecule has 7 heteroatoms. The van der Waals surface area contributed by atoms with Crippen LogP contribution in [0.15, 0.2) is 18.3 Å². The molecule has 1 rings (SSSR count). The van der Waals surface area contributed by atoms with Crippen molar-refractivity contribution in [2.75, 3.05) is 0 Å². The van der Waals surface area contributed by atoms with Crippen molar-refractivity contribution in [2.24, 2.45) is 5.14 Å². The summed E-state index contributed by atoms with van der Waals surface area (Å²) in [5, 5.41) is 13.9. The summed E-state index contributed by atoms with van der Waals surface area (Å²) in [5.74, 6) is -0.0707. The van der Waals surface area contributed by atoms with Crippen molar-refractivity contribution < 1.29 is 13.5 Å². The van der Waals surface area contributed by atoms with Crippen LogP contribution in [0.1, 0.15) is 5.69 Å². The zero-order chi connectivity index (χ0) is 9.90. The van der Waals surface area contributed by atoms with Crippen LogP contribution < -0.4 is 9.86 Å². The van der Waals surface area contributed by atoms with Crippen LogP contribution in [0, 0.1) is 0 Å². The zero-order valence-corrected chi connectivity index (χ0v) is 7.45. The Bertz CT molecular complexity index is 390. The van der Waals surface area contributed by atoms with Gasteiger partial charge in [0.1, 0.15) is 5.75 Å². The van der Waals surface area contributed by atoms with Gasteiger partial charge in [0.2, 0.25) is 0 Å². The molecule has 0 aliphatic rings. The van der Waals surface area contributed by atoms with Crippen molar-refractivity contribution >= 4 is 10.2 Å². The first-order chi connectivity index (χ1) is 5.99. The molecule has 13 heavy (non-hydrogen) atoms. The van der Waals surface area contributed by atoms with E-state index in [0.29, 0.717) is 0 Å². The molecular weight excluding hydrogens is 194 g/mol. The number of hydrogen-bond acceptors (Lipinski definition) is 4. The minimum absolute atomic E-state index is 0.0707. The maximum atomic E-state index is 10.5. The molecule has 0 unspecified atom stereocenters. The number of nitrogens with two attached hydrogens (primary N) is 1. The van der Waals surface area contributed by atoms with E-state index in [1.165, 1.54) is 18.3 Å². The largest absolute Gasteiger partial charge is 0.506 e. The summed E-state index contributed by atoms with van der Waals surface area (Å²) >= 11 is 0. The van der Waals surface area contributed by atoms with Crippen LogP contribution in [0.25, 0.3) is 0 Å². The summed E-state index contributed by atoms with van der Waals surface area (Å²) in [6.07, 6.45) is 1.44. The van der Waals surface area contributed by atoms with Gasteiger partial charge in [0.25, 0.3) is 10.2 Å². The van der Waals surface area contributed by atoms with E-state index in [9.17, 15) is 8.42 Å². The van der Waals surface area contributed by atoms with Gasteiger partial charge in [0.05, 0.1) is 12.2 Å². The fraction of sp³-hybridized carbons (Fsp3) is 0.167. The van der Waals surface area contributed by atoms with Crippen molar-refractivity contribution in [3.8, 4) is 5.75 Å². The highest BCUT2D eigenvalue weighted by Gasteiger charge is 2.05.